The lowest BCUT2D eigenvalue weighted by atomic mass is 9.94. The molecule has 0 heterocycles. The predicted octanol–water partition coefficient (Wildman–Crippen LogP) is 2.80. The highest BCUT2D eigenvalue weighted by Crippen LogP contribution is 2.19. The minimum absolute atomic E-state index is 0.0164. The predicted molar refractivity (Wildman–Crippen MR) is 76.4 cm³/mol. The Hall–Kier alpha value is -1.42. The molecule has 1 aromatic rings. The molecule has 0 aromatic heterocycles. The highest BCUT2D eigenvalue weighted by molar-refractivity contribution is 5.92. The first-order valence-corrected chi connectivity index (χ1v) is 6.66. The molecule has 1 unspecified atom stereocenters. The maximum absolute atomic E-state index is 12.8. The summed E-state index contributed by atoms with van der Waals surface area (Å²) in [5.74, 6) is 0.444. The number of anilines is 1. The Morgan fingerprint density at radius 2 is 1.89 bits per heavy atom. The Morgan fingerprint density at radius 3 is 2.37 bits per heavy atom. The van der Waals surface area contributed by atoms with Crippen molar-refractivity contribution in [1.29, 1.82) is 0 Å². The second-order valence-corrected chi connectivity index (χ2v) is 5.36. The SMILES string of the molecule is CC(C)CC(CN)CC(=O)N(C)c1ccc(F)cc1. The molecule has 4 heteroatoms. The lowest BCUT2D eigenvalue weighted by molar-refractivity contribution is -0.119. The van der Waals surface area contributed by atoms with E-state index in [0.29, 0.717) is 24.6 Å². The van der Waals surface area contributed by atoms with E-state index in [1.54, 1.807) is 24.1 Å². The van der Waals surface area contributed by atoms with Gasteiger partial charge < -0.3 is 10.6 Å². The van der Waals surface area contributed by atoms with Crippen LogP contribution in [0.15, 0.2) is 24.3 Å². The largest absolute Gasteiger partial charge is 0.330 e. The zero-order chi connectivity index (χ0) is 14.4. The van der Waals surface area contributed by atoms with Crippen LogP contribution in [0.2, 0.25) is 0 Å². The summed E-state index contributed by atoms with van der Waals surface area (Å²) in [6.07, 6.45) is 1.38. The Bertz CT molecular complexity index is 403. The van der Waals surface area contributed by atoms with Gasteiger partial charge in [-0.05, 0) is 49.1 Å². The topological polar surface area (TPSA) is 46.3 Å². The van der Waals surface area contributed by atoms with E-state index in [2.05, 4.69) is 13.8 Å². The zero-order valence-electron chi connectivity index (χ0n) is 11.9. The smallest absolute Gasteiger partial charge is 0.227 e. The molecule has 0 spiro atoms. The van der Waals surface area contributed by atoms with Crippen molar-refractivity contribution >= 4 is 11.6 Å². The van der Waals surface area contributed by atoms with E-state index in [4.69, 9.17) is 5.73 Å². The van der Waals surface area contributed by atoms with E-state index in [0.717, 1.165) is 6.42 Å². The van der Waals surface area contributed by atoms with Crippen LogP contribution in [-0.4, -0.2) is 19.5 Å². The van der Waals surface area contributed by atoms with Crippen LogP contribution in [-0.2, 0) is 4.79 Å². The first-order valence-electron chi connectivity index (χ1n) is 6.66. The van der Waals surface area contributed by atoms with Gasteiger partial charge in [0.05, 0.1) is 0 Å². The van der Waals surface area contributed by atoms with E-state index < -0.39 is 0 Å². The highest BCUT2D eigenvalue weighted by Gasteiger charge is 2.17. The molecule has 1 atom stereocenters. The van der Waals surface area contributed by atoms with Gasteiger partial charge in [-0.2, -0.15) is 0 Å². The van der Waals surface area contributed by atoms with E-state index in [1.807, 2.05) is 0 Å². The number of nitrogens with two attached hydrogens (primary N) is 1. The number of benzene rings is 1. The van der Waals surface area contributed by atoms with Gasteiger partial charge in [-0.25, -0.2) is 4.39 Å². The molecule has 0 bridgehead atoms. The van der Waals surface area contributed by atoms with Crippen LogP contribution in [0.1, 0.15) is 26.7 Å². The third kappa shape index (κ3) is 4.99. The Balaban J connectivity index is 2.63. The van der Waals surface area contributed by atoms with Crippen LogP contribution in [0.25, 0.3) is 0 Å². The Kier molecular flexibility index (Phi) is 5.96. The number of nitrogens with zero attached hydrogens (tertiary/aromatic N) is 1. The fourth-order valence-corrected chi connectivity index (χ4v) is 2.12. The normalized spacial score (nSPS) is 12.5. The first-order chi connectivity index (χ1) is 8.93. The molecule has 2 N–H and O–H groups in total. The highest BCUT2D eigenvalue weighted by atomic mass is 19.1. The first kappa shape index (κ1) is 15.6. The summed E-state index contributed by atoms with van der Waals surface area (Å²) in [5, 5.41) is 0. The average Bonchev–Trinajstić information content (AvgIpc) is 2.37. The third-order valence-corrected chi connectivity index (χ3v) is 3.19. The average molecular weight is 266 g/mol. The van der Waals surface area contributed by atoms with Crippen LogP contribution < -0.4 is 10.6 Å². The van der Waals surface area contributed by atoms with E-state index in [9.17, 15) is 9.18 Å². The molecule has 1 amide bonds. The van der Waals surface area contributed by atoms with Gasteiger partial charge in [0.25, 0.3) is 0 Å². The molecular weight excluding hydrogens is 243 g/mol. The van der Waals surface area contributed by atoms with Crippen molar-refractivity contribution in [2.45, 2.75) is 26.7 Å². The van der Waals surface area contributed by atoms with Crippen molar-refractivity contribution in [3.63, 3.8) is 0 Å². The van der Waals surface area contributed by atoms with Crippen molar-refractivity contribution in [2.75, 3.05) is 18.5 Å². The summed E-state index contributed by atoms with van der Waals surface area (Å²) in [7, 11) is 1.71. The fourth-order valence-electron chi connectivity index (χ4n) is 2.12. The summed E-state index contributed by atoms with van der Waals surface area (Å²) in [5.41, 5.74) is 6.41. The summed E-state index contributed by atoms with van der Waals surface area (Å²) >= 11 is 0. The molecule has 3 nitrogen and oxygen atoms in total. The Labute approximate surface area is 114 Å². The Morgan fingerprint density at radius 1 is 1.32 bits per heavy atom. The van der Waals surface area contributed by atoms with E-state index >= 15 is 0 Å². The van der Waals surface area contributed by atoms with Crippen LogP contribution in [0.3, 0.4) is 0 Å². The van der Waals surface area contributed by atoms with Gasteiger partial charge in [0.2, 0.25) is 5.91 Å². The molecule has 0 fully saturated rings. The number of hydrogen-bond acceptors (Lipinski definition) is 2. The molecule has 1 aromatic carbocycles. The molecule has 106 valence electrons. The number of halogens is 1. The monoisotopic (exact) mass is 266 g/mol. The molecule has 0 radical (unpaired) electrons. The van der Waals surface area contributed by atoms with Crippen molar-refractivity contribution in [1.82, 2.24) is 0 Å². The van der Waals surface area contributed by atoms with Crippen LogP contribution >= 0.6 is 0 Å². The van der Waals surface area contributed by atoms with Gasteiger partial charge in [-0.1, -0.05) is 13.8 Å². The number of carbonyl (C=O) groups is 1. The van der Waals surface area contributed by atoms with Crippen molar-refractivity contribution in [3.8, 4) is 0 Å². The summed E-state index contributed by atoms with van der Waals surface area (Å²) in [6, 6.07) is 5.92. The van der Waals surface area contributed by atoms with Crippen LogP contribution in [0.5, 0.6) is 0 Å². The minimum atomic E-state index is -0.302. The molecule has 0 aliphatic carbocycles. The second kappa shape index (κ2) is 7.24. The van der Waals surface area contributed by atoms with Gasteiger partial charge in [-0.15, -0.1) is 0 Å². The fraction of sp³-hybridized carbons (Fsp3) is 0.533. The quantitative estimate of drug-likeness (QED) is 0.860. The van der Waals surface area contributed by atoms with Crippen LogP contribution in [0.4, 0.5) is 10.1 Å². The molecule has 0 saturated carbocycles. The number of amides is 1. The maximum Gasteiger partial charge on any atom is 0.227 e. The number of rotatable bonds is 6. The zero-order valence-corrected chi connectivity index (χ0v) is 11.9. The van der Waals surface area contributed by atoms with Crippen molar-refractivity contribution in [3.05, 3.63) is 30.1 Å². The van der Waals surface area contributed by atoms with Gasteiger partial charge in [0.1, 0.15) is 5.82 Å². The summed E-state index contributed by atoms with van der Waals surface area (Å²) in [4.78, 5) is 13.7. The molecule has 0 aliphatic heterocycles. The molecule has 1 rings (SSSR count). The van der Waals surface area contributed by atoms with E-state index in [1.165, 1.54) is 12.1 Å². The maximum atomic E-state index is 12.8. The molecule has 19 heavy (non-hydrogen) atoms. The standard InChI is InChI=1S/C15H23FN2O/c1-11(2)8-12(10-17)9-15(19)18(3)14-6-4-13(16)5-7-14/h4-7,11-12H,8-10,17H2,1-3H3. The lowest BCUT2D eigenvalue weighted by Gasteiger charge is -2.22. The van der Waals surface area contributed by atoms with Gasteiger partial charge in [-0.3, -0.25) is 4.79 Å². The second-order valence-electron chi connectivity index (χ2n) is 5.36. The lowest BCUT2D eigenvalue weighted by Crippen LogP contribution is -2.30. The van der Waals surface area contributed by atoms with Gasteiger partial charge in [0, 0.05) is 19.2 Å². The summed E-state index contributed by atoms with van der Waals surface area (Å²) < 4.78 is 12.8. The van der Waals surface area contributed by atoms with Crippen molar-refractivity contribution in [2.24, 2.45) is 17.6 Å². The van der Waals surface area contributed by atoms with Gasteiger partial charge >= 0.3 is 0 Å². The molecular formula is C15H23FN2O. The van der Waals surface area contributed by atoms with E-state index in [-0.39, 0.29) is 17.6 Å². The summed E-state index contributed by atoms with van der Waals surface area (Å²) in [6.45, 7) is 4.76. The third-order valence-electron chi connectivity index (χ3n) is 3.19. The van der Waals surface area contributed by atoms with Crippen LogP contribution in [0, 0.1) is 17.7 Å². The molecule has 0 aliphatic rings. The number of hydrogen-bond donors (Lipinski definition) is 1. The van der Waals surface area contributed by atoms with Gasteiger partial charge in [0.15, 0.2) is 0 Å². The molecule has 0 saturated heterocycles. The number of carbonyl (C=O) groups excluding carboxylic acids is 1. The minimum Gasteiger partial charge on any atom is -0.330 e. The van der Waals surface area contributed by atoms with Crippen molar-refractivity contribution < 1.29 is 9.18 Å².